The summed E-state index contributed by atoms with van der Waals surface area (Å²) in [5.74, 6) is -0.982. The largest absolute Gasteiger partial charge is 0.501 e. The van der Waals surface area contributed by atoms with Crippen LogP contribution >= 0.6 is 21.6 Å². The number of nitrogens with zero attached hydrogens (tertiary/aromatic N) is 2. The topological polar surface area (TPSA) is 127 Å². The molecule has 0 aliphatic heterocycles. The summed E-state index contributed by atoms with van der Waals surface area (Å²) >= 11 is 0. The number of aromatic hydroxyl groups is 2. The number of nitro groups is 2. The quantitative estimate of drug-likeness (QED) is 0.479. The standard InChI is InChI=1S/C12H8N2O6S2/c15-11-7(13(17)18)3-1-5-9(11)21-22-10-6-2-4-8(12(10)16)14(19)20/h1-6,15-16H. The molecule has 22 heavy (non-hydrogen) atoms. The fourth-order valence-corrected chi connectivity index (χ4v) is 3.70. The Labute approximate surface area is 131 Å². The van der Waals surface area contributed by atoms with Crippen LogP contribution in [0.1, 0.15) is 0 Å². The van der Waals surface area contributed by atoms with Gasteiger partial charge >= 0.3 is 11.4 Å². The monoisotopic (exact) mass is 340 g/mol. The van der Waals surface area contributed by atoms with Crippen molar-refractivity contribution in [3.63, 3.8) is 0 Å². The zero-order valence-corrected chi connectivity index (χ0v) is 12.3. The van der Waals surface area contributed by atoms with Crippen LogP contribution in [0, 0.1) is 20.2 Å². The molecule has 0 unspecified atom stereocenters. The number of rotatable bonds is 5. The predicted molar refractivity (Wildman–Crippen MR) is 81.2 cm³/mol. The van der Waals surface area contributed by atoms with E-state index in [0.717, 1.165) is 33.7 Å². The predicted octanol–water partition coefficient (Wildman–Crippen LogP) is 3.71. The minimum absolute atomic E-state index is 0.213. The second-order valence-electron chi connectivity index (χ2n) is 3.93. The van der Waals surface area contributed by atoms with Crippen LogP contribution in [0.3, 0.4) is 0 Å². The van der Waals surface area contributed by atoms with Gasteiger partial charge in [-0.1, -0.05) is 12.1 Å². The molecule has 0 saturated carbocycles. The maximum atomic E-state index is 10.7. The molecule has 0 spiro atoms. The molecule has 10 heteroatoms. The van der Waals surface area contributed by atoms with Crippen LogP contribution in [0.2, 0.25) is 0 Å². The molecule has 0 saturated heterocycles. The van der Waals surface area contributed by atoms with E-state index in [-0.39, 0.29) is 9.79 Å². The number of phenolic OH excluding ortho intramolecular Hbond substituents is 2. The van der Waals surface area contributed by atoms with E-state index in [1.165, 1.54) is 24.3 Å². The summed E-state index contributed by atoms with van der Waals surface area (Å²) in [6.45, 7) is 0. The van der Waals surface area contributed by atoms with Crippen LogP contribution < -0.4 is 0 Å². The maximum absolute atomic E-state index is 10.7. The van der Waals surface area contributed by atoms with E-state index < -0.39 is 32.7 Å². The van der Waals surface area contributed by atoms with E-state index in [0.29, 0.717) is 0 Å². The minimum Gasteiger partial charge on any atom is -0.501 e. The number of benzene rings is 2. The average molecular weight is 340 g/mol. The molecule has 0 atom stereocenters. The van der Waals surface area contributed by atoms with E-state index in [1.54, 1.807) is 0 Å². The summed E-state index contributed by atoms with van der Waals surface area (Å²) in [5.41, 5.74) is -0.872. The zero-order valence-electron chi connectivity index (χ0n) is 10.7. The maximum Gasteiger partial charge on any atom is 0.311 e. The van der Waals surface area contributed by atoms with E-state index >= 15 is 0 Å². The second-order valence-corrected chi connectivity index (χ2v) is 6.14. The van der Waals surface area contributed by atoms with Crippen molar-refractivity contribution in [2.24, 2.45) is 0 Å². The molecule has 8 nitrogen and oxygen atoms in total. The van der Waals surface area contributed by atoms with Crippen LogP contribution in [0.15, 0.2) is 46.2 Å². The Morgan fingerprint density at radius 1 is 0.773 bits per heavy atom. The third kappa shape index (κ3) is 3.23. The summed E-state index contributed by atoms with van der Waals surface area (Å²) in [4.78, 5) is 20.5. The van der Waals surface area contributed by atoms with Crippen LogP contribution in [0.4, 0.5) is 11.4 Å². The lowest BCUT2D eigenvalue weighted by Gasteiger charge is -2.05. The summed E-state index contributed by atoms with van der Waals surface area (Å²) < 4.78 is 0. The fraction of sp³-hybridized carbons (Fsp3) is 0. The first-order valence-electron chi connectivity index (χ1n) is 5.69. The highest BCUT2D eigenvalue weighted by atomic mass is 33.1. The summed E-state index contributed by atoms with van der Waals surface area (Å²) in [6.07, 6.45) is 0. The summed E-state index contributed by atoms with van der Waals surface area (Å²) in [7, 11) is 1.89. The van der Waals surface area contributed by atoms with E-state index in [4.69, 9.17) is 0 Å². The second kappa shape index (κ2) is 6.54. The molecule has 0 aliphatic rings. The smallest absolute Gasteiger partial charge is 0.311 e. The number of para-hydroxylation sites is 2. The molecule has 0 heterocycles. The van der Waals surface area contributed by atoms with Crippen molar-refractivity contribution < 1.29 is 20.1 Å². The minimum atomic E-state index is -0.713. The Morgan fingerprint density at radius 3 is 1.45 bits per heavy atom. The van der Waals surface area contributed by atoms with Gasteiger partial charge in [-0.15, -0.1) is 0 Å². The molecular weight excluding hydrogens is 332 g/mol. The summed E-state index contributed by atoms with van der Waals surface area (Å²) in [5, 5.41) is 41.1. The molecule has 0 bridgehead atoms. The van der Waals surface area contributed by atoms with Crippen molar-refractivity contribution in [3.8, 4) is 11.5 Å². The molecule has 2 N–H and O–H groups in total. The van der Waals surface area contributed by atoms with Crippen LogP contribution in [0.5, 0.6) is 11.5 Å². The lowest BCUT2D eigenvalue weighted by molar-refractivity contribution is -0.386. The molecule has 114 valence electrons. The molecule has 2 aromatic rings. The Morgan fingerprint density at radius 2 is 1.14 bits per heavy atom. The molecule has 0 amide bonds. The van der Waals surface area contributed by atoms with E-state index in [2.05, 4.69) is 0 Å². The van der Waals surface area contributed by atoms with E-state index in [1.807, 2.05) is 0 Å². The average Bonchev–Trinajstić information content (AvgIpc) is 2.46. The van der Waals surface area contributed by atoms with Gasteiger partial charge in [-0.2, -0.15) is 0 Å². The SMILES string of the molecule is O=[N+]([O-])c1cccc(SSc2cccc([N+](=O)[O-])c2O)c1O. The van der Waals surface area contributed by atoms with Crippen molar-refractivity contribution in [2.45, 2.75) is 9.79 Å². The van der Waals surface area contributed by atoms with Crippen LogP contribution in [0.25, 0.3) is 0 Å². The molecule has 2 aromatic carbocycles. The lowest BCUT2D eigenvalue weighted by atomic mass is 10.3. The molecular formula is C12H8N2O6S2. The Bertz CT molecular complexity index is 689. The van der Waals surface area contributed by atoms with Crippen molar-refractivity contribution in [2.75, 3.05) is 0 Å². The van der Waals surface area contributed by atoms with Crippen LogP contribution in [-0.4, -0.2) is 20.1 Å². The molecule has 2 rings (SSSR count). The van der Waals surface area contributed by atoms with Gasteiger partial charge in [0.05, 0.1) is 19.6 Å². The number of phenols is 2. The molecule has 0 aliphatic carbocycles. The van der Waals surface area contributed by atoms with Gasteiger partial charge in [0.15, 0.2) is 0 Å². The number of nitro benzene ring substituents is 2. The highest BCUT2D eigenvalue weighted by Crippen LogP contribution is 2.48. The molecule has 0 fully saturated rings. The van der Waals surface area contributed by atoms with Crippen LogP contribution in [-0.2, 0) is 0 Å². The zero-order chi connectivity index (χ0) is 16.3. The van der Waals surface area contributed by atoms with Gasteiger partial charge in [0, 0.05) is 12.1 Å². The normalized spacial score (nSPS) is 10.4. The van der Waals surface area contributed by atoms with Crippen molar-refractivity contribution in [3.05, 3.63) is 56.6 Å². The summed E-state index contributed by atoms with van der Waals surface area (Å²) in [6, 6.07) is 8.08. The highest BCUT2D eigenvalue weighted by molar-refractivity contribution is 8.76. The van der Waals surface area contributed by atoms with Crippen molar-refractivity contribution in [1.29, 1.82) is 0 Å². The first kappa shape index (κ1) is 15.9. The third-order valence-electron chi connectivity index (χ3n) is 2.57. The number of hydrogen-bond acceptors (Lipinski definition) is 8. The molecule has 0 aromatic heterocycles. The lowest BCUT2D eigenvalue weighted by Crippen LogP contribution is -1.89. The van der Waals surface area contributed by atoms with Crippen molar-refractivity contribution in [1.82, 2.24) is 0 Å². The third-order valence-corrected chi connectivity index (χ3v) is 5.00. The first-order chi connectivity index (χ1) is 10.4. The van der Waals surface area contributed by atoms with Gasteiger partial charge in [-0.25, -0.2) is 0 Å². The molecule has 0 radical (unpaired) electrons. The van der Waals surface area contributed by atoms with Gasteiger partial charge in [-0.05, 0) is 33.7 Å². The van der Waals surface area contributed by atoms with Gasteiger partial charge in [0.1, 0.15) is 0 Å². The Hall–Kier alpha value is -2.46. The van der Waals surface area contributed by atoms with Gasteiger partial charge < -0.3 is 10.2 Å². The van der Waals surface area contributed by atoms with Gasteiger partial charge in [-0.3, -0.25) is 20.2 Å². The highest BCUT2D eigenvalue weighted by Gasteiger charge is 2.20. The van der Waals surface area contributed by atoms with E-state index in [9.17, 15) is 30.4 Å². The fourth-order valence-electron chi connectivity index (χ4n) is 1.54. The first-order valence-corrected chi connectivity index (χ1v) is 7.84. The Balaban J connectivity index is 2.25. The Kier molecular flexibility index (Phi) is 4.73. The van der Waals surface area contributed by atoms with Crippen molar-refractivity contribution >= 4 is 33.0 Å². The van der Waals surface area contributed by atoms with Gasteiger partial charge in [0.25, 0.3) is 0 Å². The number of hydrogen-bond donors (Lipinski definition) is 2. The van der Waals surface area contributed by atoms with Gasteiger partial charge in [0.2, 0.25) is 11.5 Å².